The molecule has 1 unspecified atom stereocenters. The quantitative estimate of drug-likeness (QED) is 0.794. The van der Waals surface area contributed by atoms with Crippen LogP contribution in [0.5, 0.6) is 0 Å². The lowest BCUT2D eigenvalue weighted by atomic mass is 9.80. The van der Waals surface area contributed by atoms with Crippen molar-refractivity contribution in [3.63, 3.8) is 0 Å². The van der Waals surface area contributed by atoms with Gasteiger partial charge in [0, 0.05) is 6.42 Å². The highest BCUT2D eigenvalue weighted by Crippen LogP contribution is 2.30. The highest BCUT2D eigenvalue weighted by molar-refractivity contribution is 5.96. The molecule has 2 aromatic rings. The van der Waals surface area contributed by atoms with Crippen molar-refractivity contribution in [3.05, 3.63) is 47.6 Å². The molecule has 2 N–H and O–H groups in total. The molecule has 1 aromatic carbocycles. The van der Waals surface area contributed by atoms with E-state index in [-0.39, 0.29) is 11.6 Å². The molecule has 1 fully saturated rings. The number of aromatic nitrogens is 2. The third-order valence-corrected chi connectivity index (χ3v) is 4.31. The number of nitrogens with zero attached hydrogens (tertiary/aromatic N) is 2. The molecule has 1 atom stereocenters. The first kappa shape index (κ1) is 14.9. The number of benzene rings is 1. The molecule has 1 saturated carbocycles. The number of carbonyl (C=O) groups is 1. The number of hydrogen-bond donors (Lipinski definition) is 1. The largest absolute Gasteiger partial charge is 0.339 e. The molecular weight excluding hydrogens is 278 g/mol. The minimum atomic E-state index is -0.509. The van der Waals surface area contributed by atoms with Crippen molar-refractivity contribution >= 4 is 5.78 Å². The minimum Gasteiger partial charge on any atom is -0.339 e. The number of carbonyl (C=O) groups excluding carboxylic acids is 1. The van der Waals surface area contributed by atoms with E-state index in [4.69, 9.17) is 10.3 Å². The average Bonchev–Trinajstić information content (AvgIpc) is 2.98. The van der Waals surface area contributed by atoms with Gasteiger partial charge in [0.1, 0.15) is 0 Å². The fourth-order valence-corrected chi connectivity index (χ4v) is 2.71. The Kier molecular flexibility index (Phi) is 4.63. The number of hydrogen-bond acceptors (Lipinski definition) is 5. The molecule has 0 radical (unpaired) electrons. The summed E-state index contributed by atoms with van der Waals surface area (Å²) in [6, 6.07) is 9.57. The number of Topliss-reactive ketones (excluding diaryl/α,β-unsaturated/α-hetero) is 1. The normalized spacial score (nSPS) is 16.2. The van der Waals surface area contributed by atoms with Crippen LogP contribution in [-0.4, -0.2) is 22.0 Å². The topological polar surface area (TPSA) is 82.0 Å². The van der Waals surface area contributed by atoms with Gasteiger partial charge in [0.05, 0.1) is 6.04 Å². The summed E-state index contributed by atoms with van der Waals surface area (Å²) in [5, 5.41) is 3.78. The van der Waals surface area contributed by atoms with Gasteiger partial charge in [-0.3, -0.25) is 4.79 Å². The van der Waals surface area contributed by atoms with E-state index in [1.807, 2.05) is 18.2 Å². The molecule has 3 rings (SSSR count). The average molecular weight is 299 g/mol. The van der Waals surface area contributed by atoms with Gasteiger partial charge in [0.2, 0.25) is 17.5 Å². The van der Waals surface area contributed by atoms with Crippen molar-refractivity contribution in [2.45, 2.75) is 44.6 Å². The van der Waals surface area contributed by atoms with Crippen molar-refractivity contribution in [1.29, 1.82) is 0 Å². The molecule has 1 aromatic heterocycles. The van der Waals surface area contributed by atoms with Crippen LogP contribution in [0.4, 0.5) is 0 Å². The van der Waals surface area contributed by atoms with Gasteiger partial charge in [-0.25, -0.2) is 0 Å². The second kappa shape index (κ2) is 6.83. The van der Waals surface area contributed by atoms with Crippen molar-refractivity contribution in [2.75, 3.05) is 0 Å². The summed E-state index contributed by atoms with van der Waals surface area (Å²) in [7, 11) is 0. The molecule has 22 heavy (non-hydrogen) atoms. The summed E-state index contributed by atoms with van der Waals surface area (Å²) >= 11 is 0. The zero-order valence-corrected chi connectivity index (χ0v) is 12.6. The molecule has 0 bridgehead atoms. The summed E-state index contributed by atoms with van der Waals surface area (Å²) in [6.45, 7) is 0. The number of rotatable bonds is 7. The molecule has 5 nitrogen and oxygen atoms in total. The first-order valence-corrected chi connectivity index (χ1v) is 7.88. The predicted octanol–water partition coefficient (Wildman–Crippen LogP) is 2.56. The van der Waals surface area contributed by atoms with E-state index in [0.717, 1.165) is 12.8 Å². The zero-order valence-electron chi connectivity index (χ0n) is 12.6. The molecule has 1 heterocycles. The Labute approximate surface area is 129 Å². The number of aryl methyl sites for hydroxylation is 2. The number of nitrogens with two attached hydrogens (primary N) is 1. The van der Waals surface area contributed by atoms with Gasteiger partial charge in [-0.15, -0.1) is 0 Å². The fraction of sp³-hybridized carbons (Fsp3) is 0.471. The van der Waals surface area contributed by atoms with E-state index in [1.54, 1.807) is 0 Å². The van der Waals surface area contributed by atoms with Crippen LogP contribution in [0.1, 0.15) is 47.8 Å². The molecule has 1 aliphatic carbocycles. The van der Waals surface area contributed by atoms with E-state index in [1.165, 1.54) is 24.8 Å². The van der Waals surface area contributed by atoms with E-state index >= 15 is 0 Å². The maximum absolute atomic E-state index is 12.2. The van der Waals surface area contributed by atoms with Crippen molar-refractivity contribution in [2.24, 2.45) is 11.7 Å². The third kappa shape index (κ3) is 3.60. The zero-order chi connectivity index (χ0) is 15.4. The van der Waals surface area contributed by atoms with Crippen LogP contribution in [0, 0.1) is 5.92 Å². The lowest BCUT2D eigenvalue weighted by molar-refractivity contribution is 0.0924. The summed E-state index contributed by atoms with van der Waals surface area (Å²) in [5.74, 6) is 0.989. The maximum Gasteiger partial charge on any atom is 0.240 e. The molecular formula is C17H21N3O2. The second-order valence-corrected chi connectivity index (χ2v) is 6.00. The van der Waals surface area contributed by atoms with Crippen molar-refractivity contribution in [1.82, 2.24) is 10.1 Å². The summed E-state index contributed by atoms with van der Waals surface area (Å²) in [6.07, 6.45) is 5.77. The predicted molar refractivity (Wildman–Crippen MR) is 82.4 cm³/mol. The van der Waals surface area contributed by atoms with Gasteiger partial charge in [0.25, 0.3) is 0 Å². The Morgan fingerprint density at radius 3 is 2.73 bits per heavy atom. The lowest BCUT2D eigenvalue weighted by Crippen LogP contribution is -2.35. The first-order valence-electron chi connectivity index (χ1n) is 7.88. The van der Waals surface area contributed by atoms with Gasteiger partial charge in [-0.2, -0.15) is 4.98 Å². The standard InChI is InChI=1S/C17H21N3O2/c18-14(11-13-7-4-8-13)16(21)17-19-15(22-20-17)10-9-12-5-2-1-3-6-12/h1-3,5-6,13-14H,4,7-11,18H2. The highest BCUT2D eigenvalue weighted by atomic mass is 16.5. The van der Waals surface area contributed by atoms with E-state index < -0.39 is 6.04 Å². The van der Waals surface area contributed by atoms with E-state index in [9.17, 15) is 4.79 Å². The Bertz CT molecular complexity index is 620. The number of ketones is 1. The lowest BCUT2D eigenvalue weighted by Gasteiger charge is -2.26. The molecule has 0 amide bonds. The minimum absolute atomic E-state index is 0.120. The third-order valence-electron chi connectivity index (χ3n) is 4.31. The molecule has 5 heteroatoms. The van der Waals surface area contributed by atoms with Crippen LogP contribution in [0.2, 0.25) is 0 Å². The smallest absolute Gasteiger partial charge is 0.240 e. The Balaban J connectivity index is 1.54. The van der Waals surface area contributed by atoms with Gasteiger partial charge >= 0.3 is 0 Å². The SMILES string of the molecule is NC(CC1CCC1)C(=O)c1noc(CCc2ccccc2)n1. The molecule has 1 aliphatic rings. The van der Waals surface area contributed by atoms with Gasteiger partial charge in [0.15, 0.2) is 0 Å². The van der Waals surface area contributed by atoms with Crippen LogP contribution in [0.3, 0.4) is 0 Å². The van der Waals surface area contributed by atoms with E-state index in [2.05, 4.69) is 22.3 Å². The molecule has 116 valence electrons. The van der Waals surface area contributed by atoms with Gasteiger partial charge < -0.3 is 10.3 Å². The van der Waals surface area contributed by atoms with Crippen LogP contribution in [-0.2, 0) is 12.8 Å². The Morgan fingerprint density at radius 2 is 2.05 bits per heavy atom. The molecule has 0 aliphatic heterocycles. The van der Waals surface area contributed by atoms with Crippen molar-refractivity contribution < 1.29 is 9.32 Å². The monoisotopic (exact) mass is 299 g/mol. The summed E-state index contributed by atoms with van der Waals surface area (Å²) in [5.41, 5.74) is 7.17. The van der Waals surface area contributed by atoms with Gasteiger partial charge in [-0.1, -0.05) is 54.8 Å². The van der Waals surface area contributed by atoms with Crippen LogP contribution < -0.4 is 5.73 Å². The van der Waals surface area contributed by atoms with Crippen LogP contribution in [0.15, 0.2) is 34.9 Å². The second-order valence-electron chi connectivity index (χ2n) is 6.00. The Hall–Kier alpha value is -2.01. The summed E-state index contributed by atoms with van der Waals surface area (Å²) in [4.78, 5) is 16.4. The maximum atomic E-state index is 12.2. The van der Waals surface area contributed by atoms with Crippen LogP contribution in [0.25, 0.3) is 0 Å². The van der Waals surface area contributed by atoms with Crippen molar-refractivity contribution in [3.8, 4) is 0 Å². The molecule has 0 saturated heterocycles. The first-order chi connectivity index (χ1) is 10.7. The summed E-state index contributed by atoms with van der Waals surface area (Å²) < 4.78 is 5.17. The Morgan fingerprint density at radius 1 is 1.27 bits per heavy atom. The molecule has 0 spiro atoms. The highest BCUT2D eigenvalue weighted by Gasteiger charge is 2.27. The van der Waals surface area contributed by atoms with Gasteiger partial charge in [-0.05, 0) is 24.3 Å². The van der Waals surface area contributed by atoms with Crippen LogP contribution >= 0.6 is 0 Å². The fourth-order valence-electron chi connectivity index (χ4n) is 2.71. The van der Waals surface area contributed by atoms with E-state index in [0.29, 0.717) is 18.2 Å².